The first-order valence-electron chi connectivity index (χ1n) is 8.26. The minimum atomic E-state index is -0.905. The summed E-state index contributed by atoms with van der Waals surface area (Å²) in [5, 5.41) is 13.9. The van der Waals surface area contributed by atoms with Crippen molar-refractivity contribution < 1.29 is 4.79 Å². The first-order valence-corrected chi connectivity index (χ1v) is 8.26. The number of aryl methyl sites for hydroxylation is 1. The first kappa shape index (κ1) is 17.3. The molecule has 0 aliphatic rings. The van der Waals surface area contributed by atoms with E-state index in [9.17, 15) is 10.1 Å². The molecule has 1 aromatic carbocycles. The summed E-state index contributed by atoms with van der Waals surface area (Å²) in [6.07, 6.45) is 4.75. The van der Waals surface area contributed by atoms with Gasteiger partial charge in [-0.3, -0.25) is 9.78 Å². The summed E-state index contributed by atoms with van der Waals surface area (Å²) < 4.78 is 1.85. The summed E-state index contributed by atoms with van der Waals surface area (Å²) in [5.41, 5.74) is 4.05. The minimum absolute atomic E-state index is 0.294. The molecule has 0 bridgehead atoms. The normalized spacial score (nSPS) is 12.0. The van der Waals surface area contributed by atoms with E-state index >= 15 is 0 Å². The lowest BCUT2D eigenvalue weighted by Gasteiger charge is -2.04. The average Bonchev–Trinajstić information content (AvgIpc) is 2.96. The number of para-hydroxylation sites is 1. The van der Waals surface area contributed by atoms with Crippen molar-refractivity contribution in [2.24, 2.45) is 0 Å². The van der Waals surface area contributed by atoms with Crippen LogP contribution in [0.2, 0.25) is 0 Å². The van der Waals surface area contributed by atoms with Crippen LogP contribution >= 0.6 is 0 Å². The third-order valence-corrected chi connectivity index (χ3v) is 4.16. The van der Waals surface area contributed by atoms with Crippen molar-refractivity contribution in [2.45, 2.75) is 19.8 Å². The molecule has 2 heterocycles. The number of carbonyl (C=O) groups excluding carboxylic acids is 1. The molecule has 0 spiro atoms. The lowest BCUT2D eigenvalue weighted by Crippen LogP contribution is -2.09. The van der Waals surface area contributed by atoms with Crippen LogP contribution in [0.15, 0.2) is 60.8 Å². The highest BCUT2D eigenvalue weighted by atomic mass is 16.1. The highest BCUT2D eigenvalue weighted by molar-refractivity contribution is 6.00. The Kier molecular flexibility index (Phi) is 5.04. The number of allylic oxidation sites excluding steroid dienone is 1. The van der Waals surface area contributed by atoms with E-state index in [4.69, 9.17) is 0 Å². The van der Waals surface area contributed by atoms with Gasteiger partial charge in [0.2, 0.25) is 0 Å². The second-order valence-electron chi connectivity index (χ2n) is 5.88. The van der Waals surface area contributed by atoms with Crippen molar-refractivity contribution in [3.63, 3.8) is 0 Å². The quantitative estimate of drug-likeness (QED) is 0.662. The number of nitriles is 1. The van der Waals surface area contributed by atoms with E-state index in [1.807, 2.05) is 54.9 Å². The third-order valence-electron chi connectivity index (χ3n) is 4.16. The maximum atomic E-state index is 12.5. The molecule has 128 valence electrons. The molecule has 0 unspecified atom stereocenters. The molecule has 0 saturated heterocycles. The van der Waals surface area contributed by atoms with Crippen molar-refractivity contribution in [1.82, 2.24) is 14.8 Å². The van der Waals surface area contributed by atoms with Crippen LogP contribution in [0.3, 0.4) is 0 Å². The zero-order valence-corrected chi connectivity index (χ0v) is 14.6. The molecule has 5 heteroatoms. The molecule has 0 amide bonds. The summed E-state index contributed by atoms with van der Waals surface area (Å²) in [7, 11) is 0. The third kappa shape index (κ3) is 3.45. The van der Waals surface area contributed by atoms with Gasteiger partial charge in [-0.15, -0.1) is 0 Å². The van der Waals surface area contributed by atoms with Crippen LogP contribution in [0.25, 0.3) is 11.8 Å². The second kappa shape index (κ2) is 7.58. The van der Waals surface area contributed by atoms with Crippen molar-refractivity contribution in [3.8, 4) is 11.8 Å². The topological polar surface area (TPSA) is 71.6 Å². The molecule has 0 saturated carbocycles. The molecule has 5 nitrogen and oxygen atoms in total. The molecular formula is C21H18N4O. The van der Waals surface area contributed by atoms with Crippen LogP contribution in [0.1, 0.15) is 28.6 Å². The average molecular weight is 342 g/mol. The summed E-state index contributed by atoms with van der Waals surface area (Å²) in [4.78, 5) is 16.6. The van der Waals surface area contributed by atoms with E-state index in [1.165, 1.54) is 6.08 Å². The Labute approximate surface area is 152 Å². The minimum Gasteiger partial charge on any atom is -0.293 e. The van der Waals surface area contributed by atoms with Crippen LogP contribution in [-0.2, 0) is 4.79 Å². The first-order chi connectivity index (χ1) is 12.6. The molecule has 0 fully saturated rings. The Morgan fingerprint density at radius 2 is 1.88 bits per heavy atom. The molecule has 3 rings (SSSR count). The van der Waals surface area contributed by atoms with Gasteiger partial charge in [-0.05, 0) is 50.3 Å². The van der Waals surface area contributed by atoms with Crippen LogP contribution in [0.5, 0.6) is 0 Å². The van der Waals surface area contributed by atoms with E-state index in [0.29, 0.717) is 5.69 Å². The molecule has 0 aliphatic heterocycles. The molecular weight excluding hydrogens is 324 g/mol. The predicted molar refractivity (Wildman–Crippen MR) is 99.7 cm³/mol. The lowest BCUT2D eigenvalue weighted by molar-refractivity contribution is -0.114. The number of carbonyl (C=O) groups is 1. The largest absolute Gasteiger partial charge is 0.293 e. The Morgan fingerprint density at radius 1 is 1.15 bits per heavy atom. The van der Waals surface area contributed by atoms with Gasteiger partial charge >= 0.3 is 0 Å². The molecule has 0 aliphatic carbocycles. The van der Waals surface area contributed by atoms with E-state index in [1.54, 1.807) is 30.5 Å². The van der Waals surface area contributed by atoms with E-state index in [-0.39, 0.29) is 5.78 Å². The molecule has 3 aromatic rings. The van der Waals surface area contributed by atoms with E-state index in [0.717, 1.165) is 22.6 Å². The van der Waals surface area contributed by atoms with Gasteiger partial charge < -0.3 is 0 Å². The molecule has 0 radical (unpaired) electrons. The monoisotopic (exact) mass is 342 g/mol. The maximum Gasteiger partial charge on any atom is 0.178 e. The zero-order chi connectivity index (χ0) is 18.5. The van der Waals surface area contributed by atoms with Gasteiger partial charge in [0.25, 0.3) is 0 Å². The lowest BCUT2D eigenvalue weighted by atomic mass is 10.00. The van der Waals surface area contributed by atoms with Gasteiger partial charge in [-0.1, -0.05) is 24.3 Å². The molecule has 1 atom stereocenters. The number of ketones is 1. The Hall–Kier alpha value is -3.52. The predicted octanol–water partition coefficient (Wildman–Crippen LogP) is 3.77. The SMILES string of the molecule is Cc1nn(-c2ccccc2)c(C)c1/C=C\C(=O)[C@@H](C#N)c1ccccn1. The van der Waals surface area contributed by atoms with Gasteiger partial charge in [0, 0.05) is 17.5 Å². The number of rotatable bonds is 5. The summed E-state index contributed by atoms with van der Waals surface area (Å²) in [5.74, 6) is -1.20. The number of nitrogens with zero attached hydrogens (tertiary/aromatic N) is 4. The summed E-state index contributed by atoms with van der Waals surface area (Å²) >= 11 is 0. The van der Waals surface area contributed by atoms with Crippen LogP contribution in [0, 0.1) is 25.2 Å². The maximum absolute atomic E-state index is 12.5. The highest BCUT2D eigenvalue weighted by Crippen LogP contribution is 2.20. The standard InChI is InChI=1S/C21H18N4O/c1-15-18(16(2)25(24-15)17-8-4-3-5-9-17)11-12-21(26)19(14-22)20-10-6-7-13-23-20/h3-13,19H,1-2H3/b12-11-/t19-/m0/s1. The van der Waals surface area contributed by atoms with Crippen molar-refractivity contribution >= 4 is 11.9 Å². The Morgan fingerprint density at radius 3 is 2.54 bits per heavy atom. The van der Waals surface area contributed by atoms with E-state index < -0.39 is 5.92 Å². The number of hydrogen-bond donors (Lipinski definition) is 0. The smallest absolute Gasteiger partial charge is 0.178 e. The van der Waals surface area contributed by atoms with Crippen molar-refractivity contribution in [3.05, 3.63) is 83.4 Å². The molecule has 2 aromatic heterocycles. The number of pyridine rings is 1. The Balaban J connectivity index is 1.88. The van der Waals surface area contributed by atoms with Crippen molar-refractivity contribution in [2.75, 3.05) is 0 Å². The number of aromatic nitrogens is 3. The van der Waals surface area contributed by atoms with E-state index in [2.05, 4.69) is 10.1 Å². The zero-order valence-electron chi connectivity index (χ0n) is 14.6. The van der Waals surface area contributed by atoms with Crippen molar-refractivity contribution in [1.29, 1.82) is 5.26 Å². The summed E-state index contributed by atoms with van der Waals surface area (Å²) in [6.45, 7) is 3.86. The van der Waals surface area contributed by atoms with Gasteiger partial charge in [-0.25, -0.2) is 4.68 Å². The number of benzene rings is 1. The summed E-state index contributed by atoms with van der Waals surface area (Å²) in [6, 6.07) is 17.0. The number of hydrogen-bond acceptors (Lipinski definition) is 4. The highest BCUT2D eigenvalue weighted by Gasteiger charge is 2.19. The van der Waals surface area contributed by atoms with Crippen LogP contribution in [0.4, 0.5) is 0 Å². The van der Waals surface area contributed by atoms with Gasteiger partial charge in [0.1, 0.15) is 0 Å². The molecule has 0 N–H and O–H groups in total. The van der Waals surface area contributed by atoms with Crippen LogP contribution in [-0.4, -0.2) is 20.5 Å². The molecule has 26 heavy (non-hydrogen) atoms. The van der Waals surface area contributed by atoms with Gasteiger partial charge in [0.15, 0.2) is 11.7 Å². The Bertz CT molecular complexity index is 982. The van der Waals surface area contributed by atoms with Gasteiger partial charge in [-0.2, -0.15) is 10.4 Å². The second-order valence-corrected chi connectivity index (χ2v) is 5.88. The van der Waals surface area contributed by atoms with Crippen LogP contribution < -0.4 is 0 Å². The fourth-order valence-electron chi connectivity index (χ4n) is 2.80. The van der Waals surface area contributed by atoms with Gasteiger partial charge in [0.05, 0.1) is 23.1 Å². The fraction of sp³-hybridized carbons (Fsp3) is 0.143. The fourth-order valence-corrected chi connectivity index (χ4v) is 2.80.